The van der Waals surface area contributed by atoms with Crippen molar-refractivity contribution in [1.29, 1.82) is 0 Å². The summed E-state index contributed by atoms with van der Waals surface area (Å²) in [6, 6.07) is 13.3. The number of carbonyl (C=O) groups is 2. The van der Waals surface area contributed by atoms with Crippen molar-refractivity contribution in [2.24, 2.45) is 16.8 Å². The third-order valence-corrected chi connectivity index (χ3v) is 4.62. The smallest absolute Gasteiger partial charge is 0.320 e. The van der Waals surface area contributed by atoms with Crippen LogP contribution in [0.2, 0.25) is 5.02 Å². The number of halogens is 1. The molecule has 0 aliphatic carbocycles. The average molecular weight is 433 g/mol. The minimum absolute atomic E-state index is 0.0499. The van der Waals surface area contributed by atoms with E-state index in [0.29, 0.717) is 5.02 Å². The van der Waals surface area contributed by atoms with Crippen LogP contribution in [0.15, 0.2) is 53.6 Å². The summed E-state index contributed by atoms with van der Waals surface area (Å²) >= 11 is 6.05. The first-order chi connectivity index (χ1) is 14.2. The van der Waals surface area contributed by atoms with Crippen molar-refractivity contribution in [2.45, 2.75) is 25.4 Å². The standard InChI is InChI=1S/C20H25ClN6O3/c1-12(19(29)30)24-17(18(28)25-20(26-22)27(2)23)10-13-6-8-14(9-7-13)15-4-3-5-16(21)11-15/h3-9,11-12,17,24H,10,22-23H2,1-2H3,(H,29,30)(H,25,26,28)/t12-,17-/m0/s1. The number of rotatable bonds is 7. The number of nitrogens with zero attached hydrogens (tertiary/aromatic N) is 2. The lowest BCUT2D eigenvalue weighted by Gasteiger charge is -2.23. The lowest BCUT2D eigenvalue weighted by Crippen LogP contribution is -2.55. The highest BCUT2D eigenvalue weighted by atomic mass is 35.5. The van der Waals surface area contributed by atoms with Crippen LogP contribution in [0.4, 0.5) is 0 Å². The molecule has 2 atom stereocenters. The second kappa shape index (κ2) is 10.6. The van der Waals surface area contributed by atoms with Crippen LogP contribution in [0.5, 0.6) is 0 Å². The summed E-state index contributed by atoms with van der Waals surface area (Å²) in [6.45, 7) is 1.46. The van der Waals surface area contributed by atoms with E-state index < -0.39 is 24.0 Å². The molecule has 2 rings (SSSR count). The molecule has 0 aromatic heterocycles. The van der Waals surface area contributed by atoms with Crippen molar-refractivity contribution >= 4 is 29.4 Å². The number of carboxylic acid groups (broad SMARTS) is 1. The monoisotopic (exact) mass is 432 g/mol. The molecule has 0 spiro atoms. The van der Waals surface area contributed by atoms with Gasteiger partial charge in [0.25, 0.3) is 0 Å². The van der Waals surface area contributed by atoms with Crippen LogP contribution in [0.1, 0.15) is 12.5 Å². The number of hydrogen-bond donors (Lipinski definition) is 5. The van der Waals surface area contributed by atoms with Crippen molar-refractivity contribution < 1.29 is 14.7 Å². The molecule has 10 heteroatoms. The Kier molecular flexibility index (Phi) is 8.16. The van der Waals surface area contributed by atoms with Crippen molar-refractivity contribution in [1.82, 2.24) is 15.6 Å². The van der Waals surface area contributed by atoms with Crippen LogP contribution in [0.25, 0.3) is 11.1 Å². The first-order valence-corrected chi connectivity index (χ1v) is 9.50. The number of aliphatic carboxylic acids is 1. The molecule has 1 amide bonds. The van der Waals surface area contributed by atoms with Gasteiger partial charge in [-0.1, -0.05) is 48.0 Å². The van der Waals surface area contributed by atoms with E-state index in [0.717, 1.165) is 21.7 Å². The highest BCUT2D eigenvalue weighted by Crippen LogP contribution is 2.23. The van der Waals surface area contributed by atoms with Crippen LogP contribution in [0, 0.1) is 0 Å². The summed E-state index contributed by atoms with van der Waals surface area (Å²) in [4.78, 5) is 24.0. The highest BCUT2D eigenvalue weighted by molar-refractivity contribution is 6.30. The van der Waals surface area contributed by atoms with Gasteiger partial charge in [0.2, 0.25) is 11.9 Å². The predicted octanol–water partition coefficient (Wildman–Crippen LogP) is 1.13. The van der Waals surface area contributed by atoms with Gasteiger partial charge in [0.15, 0.2) is 0 Å². The predicted molar refractivity (Wildman–Crippen MR) is 116 cm³/mol. The Bertz CT molecular complexity index is 917. The zero-order valence-electron chi connectivity index (χ0n) is 16.7. The largest absolute Gasteiger partial charge is 0.480 e. The van der Waals surface area contributed by atoms with Crippen molar-refractivity contribution in [3.8, 4) is 11.1 Å². The second-order valence-electron chi connectivity index (χ2n) is 6.74. The van der Waals surface area contributed by atoms with Crippen LogP contribution in [-0.2, 0) is 16.0 Å². The molecule has 0 aliphatic heterocycles. The molecular weight excluding hydrogens is 408 g/mol. The molecule has 0 bridgehead atoms. The third kappa shape index (κ3) is 6.45. The number of guanidine groups is 1. The van der Waals surface area contributed by atoms with Crippen molar-refractivity contribution in [2.75, 3.05) is 7.05 Å². The first-order valence-electron chi connectivity index (χ1n) is 9.12. The molecule has 9 nitrogen and oxygen atoms in total. The zero-order valence-corrected chi connectivity index (χ0v) is 17.4. The van der Waals surface area contributed by atoms with Crippen LogP contribution in [0.3, 0.4) is 0 Å². The summed E-state index contributed by atoms with van der Waals surface area (Å²) < 4.78 is 0. The molecule has 0 saturated carbocycles. The quantitative estimate of drug-likeness (QED) is 0.191. The van der Waals surface area contributed by atoms with Gasteiger partial charge in [-0.15, -0.1) is 5.10 Å². The van der Waals surface area contributed by atoms with Gasteiger partial charge < -0.3 is 10.9 Å². The summed E-state index contributed by atoms with van der Waals surface area (Å²) in [5.74, 6) is 9.16. The molecule has 0 radical (unpaired) electrons. The van der Waals surface area contributed by atoms with Gasteiger partial charge in [-0.3, -0.25) is 25.2 Å². The molecule has 0 unspecified atom stereocenters. The Hall–Kier alpha value is -3.14. The van der Waals surface area contributed by atoms with E-state index >= 15 is 0 Å². The molecule has 2 aromatic rings. The number of hydrogen-bond acceptors (Lipinski definition) is 6. The Balaban J connectivity index is 2.20. The van der Waals surface area contributed by atoms with Gasteiger partial charge >= 0.3 is 5.97 Å². The molecule has 0 heterocycles. The Morgan fingerprint density at radius 2 is 1.87 bits per heavy atom. The summed E-state index contributed by atoms with van der Waals surface area (Å²) in [6.07, 6.45) is 0.241. The first kappa shape index (κ1) is 23.1. The van der Waals surface area contributed by atoms with E-state index in [2.05, 4.69) is 15.7 Å². The normalized spacial score (nSPS) is 13.4. The number of carboxylic acids is 1. The average Bonchev–Trinajstić information content (AvgIpc) is 2.71. The Labute approximate surface area is 179 Å². The molecule has 7 N–H and O–H groups in total. The van der Waals surface area contributed by atoms with Gasteiger partial charge in [-0.25, -0.2) is 5.84 Å². The number of benzene rings is 2. The van der Waals surface area contributed by atoms with E-state index in [4.69, 9.17) is 23.3 Å². The van der Waals surface area contributed by atoms with Gasteiger partial charge in [0, 0.05) is 12.1 Å². The summed E-state index contributed by atoms with van der Waals surface area (Å²) in [5.41, 5.74) is 2.77. The SMILES string of the molecule is C[C@H](N[C@@H](Cc1ccc(-c2cccc(Cl)c2)cc1)C(=O)N/C(=N/N)N(C)N)C(=O)O. The number of hydrazone groups is 1. The summed E-state index contributed by atoms with van der Waals surface area (Å²) in [5, 5.41) is 19.6. The van der Waals surface area contributed by atoms with E-state index in [1.165, 1.54) is 14.0 Å². The Morgan fingerprint density at radius 3 is 2.40 bits per heavy atom. The van der Waals surface area contributed by atoms with Gasteiger partial charge in [-0.05, 0) is 42.2 Å². The molecule has 160 valence electrons. The van der Waals surface area contributed by atoms with Gasteiger partial charge in [0.05, 0.1) is 6.04 Å². The number of nitrogens with two attached hydrogens (primary N) is 2. The topological polar surface area (TPSA) is 146 Å². The molecule has 30 heavy (non-hydrogen) atoms. The number of nitrogens with one attached hydrogen (secondary N) is 2. The number of amides is 1. The fourth-order valence-corrected chi connectivity index (χ4v) is 2.94. The maximum absolute atomic E-state index is 12.7. The zero-order chi connectivity index (χ0) is 22.3. The maximum Gasteiger partial charge on any atom is 0.320 e. The fraction of sp³-hybridized carbons (Fsp3) is 0.250. The van der Waals surface area contributed by atoms with Crippen molar-refractivity contribution in [3.05, 3.63) is 59.1 Å². The molecule has 2 aromatic carbocycles. The lowest BCUT2D eigenvalue weighted by molar-refractivity contribution is -0.139. The van der Waals surface area contributed by atoms with Crippen LogP contribution >= 0.6 is 11.6 Å². The van der Waals surface area contributed by atoms with Gasteiger partial charge in [0.1, 0.15) is 6.04 Å². The van der Waals surface area contributed by atoms with E-state index in [1.807, 2.05) is 42.5 Å². The molecule has 0 fully saturated rings. The molecule has 0 saturated heterocycles. The minimum Gasteiger partial charge on any atom is -0.480 e. The second-order valence-corrected chi connectivity index (χ2v) is 7.18. The van der Waals surface area contributed by atoms with Crippen LogP contribution < -0.4 is 22.3 Å². The number of carbonyl (C=O) groups excluding carboxylic acids is 1. The Morgan fingerprint density at radius 1 is 1.20 bits per heavy atom. The van der Waals surface area contributed by atoms with Crippen molar-refractivity contribution in [3.63, 3.8) is 0 Å². The maximum atomic E-state index is 12.7. The highest BCUT2D eigenvalue weighted by Gasteiger charge is 2.25. The fourth-order valence-electron chi connectivity index (χ4n) is 2.75. The third-order valence-electron chi connectivity index (χ3n) is 4.38. The molecule has 0 aliphatic rings. The van der Waals surface area contributed by atoms with E-state index in [-0.39, 0.29) is 12.4 Å². The van der Waals surface area contributed by atoms with E-state index in [9.17, 15) is 14.7 Å². The number of hydrazine groups is 1. The van der Waals surface area contributed by atoms with Crippen LogP contribution in [-0.4, -0.2) is 47.1 Å². The lowest BCUT2D eigenvalue weighted by atomic mass is 10.00. The van der Waals surface area contributed by atoms with E-state index in [1.54, 1.807) is 6.07 Å². The minimum atomic E-state index is -1.08. The summed E-state index contributed by atoms with van der Waals surface area (Å²) in [7, 11) is 1.46. The van der Waals surface area contributed by atoms with Gasteiger partial charge in [-0.2, -0.15) is 0 Å². The molecular formula is C20H25ClN6O3.